The van der Waals surface area contributed by atoms with Gasteiger partial charge in [0.1, 0.15) is 0 Å². The molecule has 0 radical (unpaired) electrons. The van der Waals surface area contributed by atoms with Gasteiger partial charge in [-0.3, -0.25) is 0 Å². The van der Waals surface area contributed by atoms with Crippen LogP contribution in [0.15, 0.2) is 0 Å². The summed E-state index contributed by atoms with van der Waals surface area (Å²) in [6, 6.07) is 0. The monoisotopic (exact) mass is 240 g/mol. The van der Waals surface area contributed by atoms with Crippen LogP contribution < -0.4 is 0 Å². The molecule has 0 rings (SSSR count). The summed E-state index contributed by atoms with van der Waals surface area (Å²) in [4.78, 5) is 0. The first-order chi connectivity index (χ1) is 4.91. The maximum atomic E-state index is 8.20. The zero-order valence-corrected chi connectivity index (χ0v) is 9.31. The minimum absolute atomic E-state index is 0.355. The van der Waals surface area contributed by atoms with E-state index < -0.39 is 3.25 Å². The third kappa shape index (κ3) is 54.5. The predicted molar refractivity (Wildman–Crippen MR) is 52.8 cm³/mol. The third-order valence-corrected chi connectivity index (χ3v) is 0.762. The fourth-order valence-corrected chi connectivity index (χ4v) is 0.362. The average Bonchev–Trinajstić information content (AvgIpc) is 1.79. The lowest BCUT2D eigenvalue weighted by molar-refractivity contribution is 0.284. The first-order valence-corrected chi connectivity index (χ1v) is 4.79. The minimum atomic E-state index is -1.61. The smallest absolute Gasteiger partial charge is 0.266 e. The molecule has 0 saturated carbocycles. The highest BCUT2D eigenvalue weighted by Gasteiger charge is 2.11. The molecule has 0 amide bonds. The van der Waals surface area contributed by atoms with Crippen molar-refractivity contribution in [3.05, 3.63) is 0 Å². The van der Waals surface area contributed by atoms with Crippen molar-refractivity contribution >= 4 is 46.4 Å². The molecule has 5 heteroatoms. The normalized spacial score (nSPS) is 10.4. The van der Waals surface area contributed by atoms with E-state index in [1.165, 1.54) is 6.42 Å². The zero-order chi connectivity index (χ0) is 9.33. The molecule has 0 unspecified atom stereocenters. The van der Waals surface area contributed by atoms with Gasteiger partial charge in [0.15, 0.2) is 0 Å². The van der Waals surface area contributed by atoms with Gasteiger partial charge in [0.05, 0.1) is 0 Å². The summed E-state index contributed by atoms with van der Waals surface area (Å²) in [5, 5.41) is 8.20. The van der Waals surface area contributed by atoms with Crippen LogP contribution in [0.3, 0.4) is 0 Å². The molecular formula is C6H12Cl4O. The lowest BCUT2D eigenvalue weighted by Crippen LogP contribution is -1.81. The fraction of sp³-hybridized carbons (Fsp3) is 1.00. The van der Waals surface area contributed by atoms with Gasteiger partial charge in [-0.1, -0.05) is 66.2 Å². The average molecular weight is 242 g/mol. The quantitative estimate of drug-likeness (QED) is 0.590. The summed E-state index contributed by atoms with van der Waals surface area (Å²) in [5.41, 5.74) is 0. The van der Waals surface area contributed by atoms with Crippen LogP contribution >= 0.6 is 46.4 Å². The Kier molecular flexibility index (Phi) is 12.3. The SMILES string of the molecule is CCCCCO.ClC(Cl)(Cl)Cl. The Bertz CT molecular complexity index is 61.5. The van der Waals surface area contributed by atoms with Crippen LogP contribution in [0.25, 0.3) is 0 Å². The summed E-state index contributed by atoms with van der Waals surface area (Å²) >= 11 is 19.3. The van der Waals surface area contributed by atoms with Gasteiger partial charge < -0.3 is 5.11 Å². The summed E-state index contributed by atoms with van der Waals surface area (Å²) in [6.07, 6.45) is 3.33. The molecule has 0 fully saturated rings. The van der Waals surface area contributed by atoms with Gasteiger partial charge in [0.25, 0.3) is 3.25 Å². The van der Waals surface area contributed by atoms with Crippen molar-refractivity contribution in [3.8, 4) is 0 Å². The van der Waals surface area contributed by atoms with Gasteiger partial charge in [0, 0.05) is 6.61 Å². The highest BCUT2D eigenvalue weighted by molar-refractivity contribution is 6.83. The standard InChI is InChI=1S/C5H12O.CCl4/c1-2-3-4-5-6;2-1(3,4)5/h6H,2-5H2,1H3;. The van der Waals surface area contributed by atoms with E-state index in [0.29, 0.717) is 6.61 Å². The van der Waals surface area contributed by atoms with E-state index >= 15 is 0 Å². The molecule has 0 saturated heterocycles. The largest absolute Gasteiger partial charge is 0.396 e. The number of rotatable bonds is 3. The Morgan fingerprint density at radius 3 is 1.55 bits per heavy atom. The first kappa shape index (κ1) is 14.6. The molecule has 11 heavy (non-hydrogen) atoms. The predicted octanol–water partition coefficient (Wildman–Crippen LogP) is 3.72. The number of hydrogen-bond acceptors (Lipinski definition) is 1. The summed E-state index contributed by atoms with van der Waals surface area (Å²) in [5.74, 6) is 0. The lowest BCUT2D eigenvalue weighted by atomic mass is 10.3. The molecule has 0 aromatic heterocycles. The first-order valence-electron chi connectivity index (χ1n) is 3.28. The Hall–Kier alpha value is 1.12. The van der Waals surface area contributed by atoms with Gasteiger partial charge in [-0.2, -0.15) is 0 Å². The highest BCUT2D eigenvalue weighted by atomic mass is 35.6. The Labute approximate surface area is 87.6 Å². The molecule has 0 aliphatic rings. The Morgan fingerprint density at radius 1 is 1.09 bits per heavy atom. The van der Waals surface area contributed by atoms with Crippen LogP contribution in [0.2, 0.25) is 0 Å². The van der Waals surface area contributed by atoms with E-state index in [4.69, 9.17) is 51.5 Å². The number of unbranched alkanes of at least 4 members (excludes halogenated alkanes) is 2. The number of aliphatic hydroxyl groups excluding tert-OH is 1. The molecule has 0 atom stereocenters. The minimum Gasteiger partial charge on any atom is -0.396 e. The second-order valence-corrected chi connectivity index (χ2v) is 5.29. The van der Waals surface area contributed by atoms with Gasteiger partial charge in [-0.25, -0.2) is 0 Å². The molecular weight excluding hydrogens is 230 g/mol. The van der Waals surface area contributed by atoms with Crippen LogP contribution in [0.5, 0.6) is 0 Å². The third-order valence-electron chi connectivity index (χ3n) is 0.762. The van der Waals surface area contributed by atoms with Crippen molar-refractivity contribution in [3.63, 3.8) is 0 Å². The Balaban J connectivity index is 0. The molecule has 0 heterocycles. The maximum Gasteiger partial charge on any atom is 0.266 e. The molecule has 0 aromatic rings. The topological polar surface area (TPSA) is 20.2 Å². The highest BCUT2D eigenvalue weighted by Crippen LogP contribution is 2.29. The molecule has 0 aliphatic carbocycles. The number of halogens is 4. The number of aliphatic hydroxyl groups is 1. The van der Waals surface area contributed by atoms with Crippen molar-refractivity contribution in [1.29, 1.82) is 0 Å². The van der Waals surface area contributed by atoms with Crippen molar-refractivity contribution in [2.75, 3.05) is 6.61 Å². The van der Waals surface area contributed by atoms with E-state index in [2.05, 4.69) is 6.92 Å². The van der Waals surface area contributed by atoms with E-state index in [1.807, 2.05) is 0 Å². The summed E-state index contributed by atoms with van der Waals surface area (Å²) in [6.45, 7) is 2.48. The van der Waals surface area contributed by atoms with Crippen molar-refractivity contribution in [1.82, 2.24) is 0 Å². The van der Waals surface area contributed by atoms with E-state index in [9.17, 15) is 0 Å². The van der Waals surface area contributed by atoms with E-state index in [1.54, 1.807) is 0 Å². The van der Waals surface area contributed by atoms with Gasteiger partial charge in [-0.15, -0.1) is 0 Å². The van der Waals surface area contributed by atoms with Crippen molar-refractivity contribution in [2.45, 2.75) is 29.4 Å². The van der Waals surface area contributed by atoms with Crippen LogP contribution in [-0.4, -0.2) is 15.0 Å². The van der Waals surface area contributed by atoms with Gasteiger partial charge in [-0.05, 0) is 6.42 Å². The van der Waals surface area contributed by atoms with E-state index in [-0.39, 0.29) is 0 Å². The van der Waals surface area contributed by atoms with Crippen molar-refractivity contribution in [2.24, 2.45) is 0 Å². The second kappa shape index (κ2) is 9.21. The lowest BCUT2D eigenvalue weighted by Gasteiger charge is -1.91. The fourth-order valence-electron chi connectivity index (χ4n) is 0.362. The van der Waals surface area contributed by atoms with Crippen LogP contribution in [0.4, 0.5) is 0 Å². The molecule has 1 N–H and O–H groups in total. The number of alkyl halides is 4. The molecule has 0 bridgehead atoms. The van der Waals surface area contributed by atoms with Crippen LogP contribution in [0.1, 0.15) is 26.2 Å². The van der Waals surface area contributed by atoms with Gasteiger partial charge in [0.2, 0.25) is 0 Å². The second-order valence-electron chi connectivity index (χ2n) is 1.86. The number of hydrogen-bond donors (Lipinski definition) is 1. The van der Waals surface area contributed by atoms with Crippen molar-refractivity contribution < 1.29 is 5.11 Å². The van der Waals surface area contributed by atoms with Crippen LogP contribution in [-0.2, 0) is 0 Å². The summed E-state index contributed by atoms with van der Waals surface area (Å²) < 4.78 is -1.61. The van der Waals surface area contributed by atoms with Gasteiger partial charge >= 0.3 is 0 Å². The molecule has 0 aromatic carbocycles. The molecule has 1 nitrogen and oxygen atoms in total. The van der Waals surface area contributed by atoms with E-state index in [0.717, 1.165) is 12.8 Å². The molecule has 0 aliphatic heterocycles. The maximum absolute atomic E-state index is 8.20. The zero-order valence-electron chi connectivity index (χ0n) is 6.29. The molecule has 0 spiro atoms. The Morgan fingerprint density at radius 2 is 1.45 bits per heavy atom. The molecule has 70 valence electrons. The van der Waals surface area contributed by atoms with Crippen LogP contribution in [0, 0.1) is 0 Å². The summed E-state index contributed by atoms with van der Waals surface area (Å²) in [7, 11) is 0.